The van der Waals surface area contributed by atoms with Crippen LogP contribution in [0.25, 0.3) is 0 Å². The van der Waals surface area contributed by atoms with Gasteiger partial charge < -0.3 is 9.80 Å². The maximum absolute atomic E-state index is 2.82. The molecule has 2 heterocycles. The van der Waals surface area contributed by atoms with Crippen LogP contribution in [0.4, 0.5) is 0 Å². The lowest BCUT2D eigenvalue weighted by Gasteiger charge is -2.47. The monoisotopic (exact) mass is 377 g/mol. The SMILES string of the molecule is CCC(C)N1CCN(CC2(CC)CCN(CC3(CC(C)C)CC3)CC2)CC1. The zero-order chi connectivity index (χ0) is 19.5. The molecule has 1 atom stereocenters. The maximum atomic E-state index is 2.82. The zero-order valence-electron chi connectivity index (χ0n) is 19.1. The van der Waals surface area contributed by atoms with Gasteiger partial charge in [0.25, 0.3) is 0 Å². The second-order valence-electron chi connectivity index (χ2n) is 10.8. The molecule has 3 rings (SSSR count). The van der Waals surface area contributed by atoms with Crippen molar-refractivity contribution in [2.45, 2.75) is 85.6 Å². The van der Waals surface area contributed by atoms with Crippen molar-refractivity contribution < 1.29 is 0 Å². The van der Waals surface area contributed by atoms with Crippen LogP contribution in [0.5, 0.6) is 0 Å². The molecule has 27 heavy (non-hydrogen) atoms. The van der Waals surface area contributed by atoms with Crippen LogP contribution in [-0.2, 0) is 0 Å². The van der Waals surface area contributed by atoms with E-state index in [9.17, 15) is 0 Å². The third-order valence-corrected chi connectivity index (χ3v) is 8.20. The van der Waals surface area contributed by atoms with Crippen molar-refractivity contribution in [1.82, 2.24) is 14.7 Å². The Morgan fingerprint density at radius 2 is 1.26 bits per heavy atom. The Morgan fingerprint density at radius 3 is 1.74 bits per heavy atom. The Labute approximate surface area is 169 Å². The molecular weight excluding hydrogens is 330 g/mol. The summed E-state index contributed by atoms with van der Waals surface area (Å²) in [6, 6.07) is 0.760. The molecule has 0 amide bonds. The summed E-state index contributed by atoms with van der Waals surface area (Å²) in [5.74, 6) is 0.862. The van der Waals surface area contributed by atoms with Crippen molar-refractivity contribution in [3.8, 4) is 0 Å². The molecule has 0 radical (unpaired) electrons. The van der Waals surface area contributed by atoms with Crippen LogP contribution >= 0.6 is 0 Å². The van der Waals surface area contributed by atoms with Gasteiger partial charge in [0.05, 0.1) is 0 Å². The predicted octanol–water partition coefficient (Wildman–Crippen LogP) is 4.72. The summed E-state index contributed by atoms with van der Waals surface area (Å²) in [5, 5.41) is 0. The molecule has 1 aliphatic carbocycles. The molecule has 158 valence electrons. The standard InChI is InChI=1S/C24H47N3/c1-6-22(5)27-16-14-26(15-17-27)19-23(7-2)10-12-25(13-11-23)20-24(8-9-24)18-21(3)4/h21-22H,6-20H2,1-5H3. The summed E-state index contributed by atoms with van der Waals surface area (Å²) < 4.78 is 0. The molecule has 2 aliphatic heterocycles. The number of hydrogen-bond acceptors (Lipinski definition) is 3. The molecule has 1 unspecified atom stereocenters. The molecule has 3 fully saturated rings. The Bertz CT molecular complexity index is 441. The molecule has 0 N–H and O–H groups in total. The van der Waals surface area contributed by atoms with Crippen molar-refractivity contribution in [2.24, 2.45) is 16.7 Å². The van der Waals surface area contributed by atoms with Crippen molar-refractivity contribution in [3.63, 3.8) is 0 Å². The molecule has 0 aromatic rings. The van der Waals surface area contributed by atoms with E-state index in [0.29, 0.717) is 10.8 Å². The quantitative estimate of drug-likeness (QED) is 0.575. The van der Waals surface area contributed by atoms with E-state index in [1.807, 2.05) is 0 Å². The van der Waals surface area contributed by atoms with Crippen molar-refractivity contribution >= 4 is 0 Å². The lowest BCUT2D eigenvalue weighted by Crippen LogP contribution is -2.53. The predicted molar refractivity (Wildman–Crippen MR) is 117 cm³/mol. The highest BCUT2D eigenvalue weighted by atomic mass is 15.3. The molecule has 3 nitrogen and oxygen atoms in total. The number of piperidine rings is 1. The molecule has 0 bridgehead atoms. The highest BCUT2D eigenvalue weighted by molar-refractivity contribution is 4.98. The van der Waals surface area contributed by atoms with E-state index in [1.165, 1.54) is 97.3 Å². The summed E-state index contributed by atoms with van der Waals surface area (Å²) in [5.41, 5.74) is 1.29. The summed E-state index contributed by atoms with van der Waals surface area (Å²) >= 11 is 0. The molecule has 0 spiro atoms. The lowest BCUT2D eigenvalue weighted by atomic mass is 9.75. The minimum Gasteiger partial charge on any atom is -0.303 e. The van der Waals surface area contributed by atoms with E-state index in [4.69, 9.17) is 0 Å². The average molecular weight is 378 g/mol. The van der Waals surface area contributed by atoms with Gasteiger partial charge in [0.15, 0.2) is 0 Å². The average Bonchev–Trinajstić information content (AvgIpc) is 3.41. The van der Waals surface area contributed by atoms with Gasteiger partial charge in [-0.3, -0.25) is 4.90 Å². The maximum Gasteiger partial charge on any atom is 0.0113 e. The Morgan fingerprint density at radius 1 is 0.704 bits per heavy atom. The van der Waals surface area contributed by atoms with Gasteiger partial charge >= 0.3 is 0 Å². The van der Waals surface area contributed by atoms with E-state index in [1.54, 1.807) is 0 Å². The molecule has 3 aliphatic rings. The number of nitrogens with zero attached hydrogens (tertiary/aromatic N) is 3. The second kappa shape index (κ2) is 9.13. The van der Waals surface area contributed by atoms with Gasteiger partial charge in [0.2, 0.25) is 0 Å². The van der Waals surface area contributed by atoms with Crippen LogP contribution in [0.15, 0.2) is 0 Å². The van der Waals surface area contributed by atoms with E-state index < -0.39 is 0 Å². The van der Waals surface area contributed by atoms with E-state index in [-0.39, 0.29) is 0 Å². The van der Waals surface area contributed by atoms with Crippen LogP contribution in [0, 0.1) is 16.7 Å². The summed E-state index contributed by atoms with van der Waals surface area (Å²) in [7, 11) is 0. The fraction of sp³-hybridized carbons (Fsp3) is 1.00. The fourth-order valence-corrected chi connectivity index (χ4v) is 5.85. The minimum absolute atomic E-state index is 0.587. The highest BCUT2D eigenvalue weighted by Crippen LogP contribution is 2.51. The molecule has 2 saturated heterocycles. The number of rotatable bonds is 9. The number of piperazine rings is 1. The van der Waals surface area contributed by atoms with Gasteiger partial charge in [-0.1, -0.05) is 27.7 Å². The zero-order valence-corrected chi connectivity index (χ0v) is 19.1. The third-order valence-electron chi connectivity index (χ3n) is 8.20. The van der Waals surface area contributed by atoms with Gasteiger partial charge in [-0.25, -0.2) is 0 Å². The number of likely N-dealkylation sites (tertiary alicyclic amines) is 1. The first kappa shape index (κ1) is 21.6. The Hall–Kier alpha value is -0.120. The van der Waals surface area contributed by atoms with Gasteiger partial charge in [-0.15, -0.1) is 0 Å². The topological polar surface area (TPSA) is 9.72 Å². The highest BCUT2D eigenvalue weighted by Gasteiger charge is 2.45. The van der Waals surface area contributed by atoms with Crippen molar-refractivity contribution in [1.29, 1.82) is 0 Å². The third kappa shape index (κ3) is 5.70. The summed E-state index contributed by atoms with van der Waals surface area (Å²) in [4.78, 5) is 8.31. The first-order chi connectivity index (χ1) is 12.9. The first-order valence-electron chi connectivity index (χ1n) is 12.1. The van der Waals surface area contributed by atoms with Crippen LogP contribution in [0.2, 0.25) is 0 Å². The van der Waals surface area contributed by atoms with Crippen LogP contribution < -0.4 is 0 Å². The van der Waals surface area contributed by atoms with Crippen molar-refractivity contribution in [3.05, 3.63) is 0 Å². The largest absolute Gasteiger partial charge is 0.303 e. The molecule has 0 aromatic heterocycles. The van der Waals surface area contributed by atoms with Gasteiger partial charge in [-0.05, 0) is 81.7 Å². The van der Waals surface area contributed by atoms with Crippen LogP contribution in [0.1, 0.15) is 79.6 Å². The number of hydrogen-bond donors (Lipinski definition) is 0. The van der Waals surface area contributed by atoms with E-state index in [0.717, 1.165) is 12.0 Å². The smallest absolute Gasteiger partial charge is 0.0113 e. The van der Waals surface area contributed by atoms with Gasteiger partial charge in [-0.2, -0.15) is 0 Å². The summed E-state index contributed by atoms with van der Waals surface area (Å²) in [6.45, 7) is 22.5. The fourth-order valence-electron chi connectivity index (χ4n) is 5.85. The van der Waals surface area contributed by atoms with Gasteiger partial charge in [0, 0.05) is 45.3 Å². The van der Waals surface area contributed by atoms with E-state index >= 15 is 0 Å². The first-order valence-corrected chi connectivity index (χ1v) is 12.1. The van der Waals surface area contributed by atoms with Crippen LogP contribution in [0.3, 0.4) is 0 Å². The van der Waals surface area contributed by atoms with E-state index in [2.05, 4.69) is 49.3 Å². The lowest BCUT2D eigenvalue weighted by molar-refractivity contribution is 0.0227. The van der Waals surface area contributed by atoms with Crippen molar-refractivity contribution in [2.75, 3.05) is 52.4 Å². The molecule has 0 aromatic carbocycles. The molecular formula is C24H47N3. The second-order valence-corrected chi connectivity index (χ2v) is 10.8. The molecule has 1 saturated carbocycles. The minimum atomic E-state index is 0.587. The van der Waals surface area contributed by atoms with Gasteiger partial charge in [0.1, 0.15) is 0 Å². The normalized spacial score (nSPS) is 27.8. The van der Waals surface area contributed by atoms with Crippen LogP contribution in [-0.4, -0.2) is 73.1 Å². The Kier molecular flexibility index (Phi) is 7.30. The Balaban J connectivity index is 1.44. The summed E-state index contributed by atoms with van der Waals surface area (Å²) in [6.07, 6.45) is 9.92. The molecule has 3 heteroatoms.